The smallest absolute Gasteiger partial charge is 0.313 e. The average molecular weight is 314 g/mol. The van der Waals surface area contributed by atoms with Crippen molar-refractivity contribution in [2.24, 2.45) is 4.99 Å². The van der Waals surface area contributed by atoms with E-state index >= 15 is 0 Å². The summed E-state index contributed by atoms with van der Waals surface area (Å²) < 4.78 is 5.00. The van der Waals surface area contributed by atoms with Crippen molar-refractivity contribution in [1.82, 2.24) is 0 Å². The highest BCUT2D eigenvalue weighted by Crippen LogP contribution is 2.23. The van der Waals surface area contributed by atoms with Gasteiger partial charge in [0, 0.05) is 10.6 Å². The lowest BCUT2D eigenvalue weighted by Crippen LogP contribution is -2.18. The van der Waals surface area contributed by atoms with Crippen LogP contribution in [0.25, 0.3) is 0 Å². The molecule has 0 spiro atoms. The normalized spacial score (nSPS) is 11.1. The first-order valence-corrected chi connectivity index (χ1v) is 7.47. The predicted octanol–water partition coefficient (Wildman–Crippen LogP) is 4.07. The zero-order valence-electron chi connectivity index (χ0n) is 12.3. The Morgan fingerprint density at radius 2 is 1.82 bits per heavy atom. The number of aliphatic imine (C=N–C) groups is 1. The summed E-state index contributed by atoms with van der Waals surface area (Å²) >= 11 is 4.38. The van der Waals surface area contributed by atoms with Crippen molar-refractivity contribution in [2.75, 3.05) is 11.9 Å². The van der Waals surface area contributed by atoms with E-state index in [1.54, 1.807) is 6.92 Å². The van der Waals surface area contributed by atoms with Crippen LogP contribution >= 0.6 is 12.6 Å². The molecule has 0 aliphatic carbocycles. The first-order valence-electron chi connectivity index (χ1n) is 7.02. The number of hydrogen-bond acceptors (Lipinski definition) is 4. The second-order valence-corrected chi connectivity index (χ2v) is 5.00. The molecule has 2 aromatic rings. The van der Waals surface area contributed by atoms with Crippen LogP contribution in [0, 0.1) is 0 Å². The summed E-state index contributed by atoms with van der Waals surface area (Å²) in [4.78, 5) is 17.0. The number of esters is 1. The molecule has 0 fully saturated rings. The zero-order chi connectivity index (χ0) is 15.8. The fraction of sp³-hybridized carbons (Fsp3) is 0.176. The SMILES string of the molecule is CCOC(=O)CC(=Nc1ccccc1S)Nc1ccccc1. The highest BCUT2D eigenvalue weighted by Gasteiger charge is 2.10. The van der Waals surface area contributed by atoms with Crippen LogP contribution in [0.15, 0.2) is 64.5 Å². The van der Waals surface area contributed by atoms with Crippen molar-refractivity contribution >= 4 is 35.8 Å². The van der Waals surface area contributed by atoms with E-state index in [-0.39, 0.29) is 12.4 Å². The van der Waals surface area contributed by atoms with Gasteiger partial charge < -0.3 is 10.1 Å². The molecule has 0 unspecified atom stereocenters. The van der Waals surface area contributed by atoms with Crippen molar-refractivity contribution < 1.29 is 9.53 Å². The van der Waals surface area contributed by atoms with Gasteiger partial charge in [-0.05, 0) is 31.2 Å². The van der Waals surface area contributed by atoms with Crippen LogP contribution in [-0.4, -0.2) is 18.4 Å². The molecule has 0 saturated heterocycles. The second kappa shape index (κ2) is 8.24. The number of ether oxygens (including phenoxy) is 1. The fourth-order valence-electron chi connectivity index (χ4n) is 1.85. The molecule has 0 saturated carbocycles. The van der Waals surface area contributed by atoms with E-state index < -0.39 is 0 Å². The first-order chi connectivity index (χ1) is 10.7. The lowest BCUT2D eigenvalue weighted by atomic mass is 10.3. The van der Waals surface area contributed by atoms with E-state index in [0.717, 1.165) is 10.6 Å². The Kier molecular flexibility index (Phi) is 6.03. The minimum atomic E-state index is -0.318. The van der Waals surface area contributed by atoms with Gasteiger partial charge in [-0.25, -0.2) is 4.99 Å². The summed E-state index contributed by atoms with van der Waals surface area (Å²) in [6.45, 7) is 2.13. The predicted molar refractivity (Wildman–Crippen MR) is 92.1 cm³/mol. The van der Waals surface area contributed by atoms with Gasteiger partial charge >= 0.3 is 5.97 Å². The molecule has 0 amide bonds. The third kappa shape index (κ3) is 4.93. The lowest BCUT2D eigenvalue weighted by molar-refractivity contribution is -0.141. The number of carbonyl (C=O) groups is 1. The third-order valence-electron chi connectivity index (χ3n) is 2.82. The standard InChI is InChI=1S/C17H18N2O2S/c1-2-21-17(20)12-16(18-13-8-4-3-5-9-13)19-14-10-6-7-11-15(14)22/h3-11,22H,2,12H2,1H3,(H,18,19). The van der Waals surface area contributed by atoms with Crippen LogP contribution in [0.3, 0.4) is 0 Å². The van der Waals surface area contributed by atoms with Crippen molar-refractivity contribution in [2.45, 2.75) is 18.2 Å². The van der Waals surface area contributed by atoms with E-state index in [0.29, 0.717) is 18.1 Å². The van der Waals surface area contributed by atoms with E-state index in [1.807, 2.05) is 54.6 Å². The number of nitrogens with zero attached hydrogens (tertiary/aromatic N) is 1. The van der Waals surface area contributed by atoms with Gasteiger partial charge in [0.2, 0.25) is 0 Å². The van der Waals surface area contributed by atoms with Crippen LogP contribution in [0.4, 0.5) is 11.4 Å². The summed E-state index contributed by atoms with van der Waals surface area (Å²) in [6.07, 6.45) is 0.0743. The van der Waals surface area contributed by atoms with Crippen LogP contribution in [0.2, 0.25) is 0 Å². The maximum absolute atomic E-state index is 11.8. The molecule has 0 aromatic heterocycles. The van der Waals surface area contributed by atoms with Gasteiger partial charge in [-0.15, -0.1) is 12.6 Å². The van der Waals surface area contributed by atoms with Gasteiger partial charge in [0.25, 0.3) is 0 Å². The summed E-state index contributed by atoms with van der Waals surface area (Å²) in [5.74, 6) is 0.201. The molecule has 0 aliphatic heterocycles. The number of thiol groups is 1. The van der Waals surface area contributed by atoms with Gasteiger partial charge in [-0.2, -0.15) is 0 Å². The molecule has 0 atom stereocenters. The molecule has 0 aliphatic rings. The van der Waals surface area contributed by atoms with E-state index in [1.165, 1.54) is 0 Å². The molecule has 5 heteroatoms. The molecule has 114 valence electrons. The minimum Gasteiger partial charge on any atom is -0.466 e. The van der Waals surface area contributed by atoms with Crippen molar-refractivity contribution in [3.63, 3.8) is 0 Å². The topological polar surface area (TPSA) is 50.7 Å². The molecule has 0 heterocycles. The van der Waals surface area contributed by atoms with Crippen molar-refractivity contribution in [3.05, 3.63) is 54.6 Å². The summed E-state index contributed by atoms with van der Waals surface area (Å²) in [5, 5.41) is 3.16. The molecule has 1 N–H and O–H groups in total. The van der Waals surface area contributed by atoms with Crippen LogP contribution in [0.5, 0.6) is 0 Å². The highest BCUT2D eigenvalue weighted by molar-refractivity contribution is 7.80. The maximum Gasteiger partial charge on any atom is 0.313 e. The first kappa shape index (κ1) is 16.1. The Morgan fingerprint density at radius 1 is 1.14 bits per heavy atom. The van der Waals surface area contributed by atoms with E-state index in [4.69, 9.17) is 4.74 Å². The number of amidine groups is 1. The Bertz CT molecular complexity index is 657. The number of nitrogens with one attached hydrogen (secondary N) is 1. The molecule has 0 bridgehead atoms. The Morgan fingerprint density at radius 3 is 2.50 bits per heavy atom. The largest absolute Gasteiger partial charge is 0.466 e. The molecule has 22 heavy (non-hydrogen) atoms. The van der Waals surface area contributed by atoms with Crippen LogP contribution in [-0.2, 0) is 9.53 Å². The lowest BCUT2D eigenvalue weighted by Gasteiger charge is -2.10. The number of rotatable bonds is 5. The van der Waals surface area contributed by atoms with Gasteiger partial charge in [0.1, 0.15) is 12.3 Å². The Hall–Kier alpha value is -2.27. The number of benzene rings is 2. The summed E-state index contributed by atoms with van der Waals surface area (Å²) in [7, 11) is 0. The van der Waals surface area contributed by atoms with Crippen molar-refractivity contribution in [1.29, 1.82) is 0 Å². The Labute approximate surface area is 135 Å². The average Bonchev–Trinajstić information content (AvgIpc) is 2.51. The van der Waals surface area contributed by atoms with Gasteiger partial charge in [0.15, 0.2) is 0 Å². The zero-order valence-corrected chi connectivity index (χ0v) is 13.2. The molecular formula is C17H18N2O2S. The Balaban J connectivity index is 2.24. The third-order valence-corrected chi connectivity index (χ3v) is 3.19. The molecule has 2 rings (SSSR count). The fourth-order valence-corrected chi connectivity index (χ4v) is 2.06. The second-order valence-electron chi connectivity index (χ2n) is 4.52. The van der Waals surface area contributed by atoms with Crippen LogP contribution < -0.4 is 5.32 Å². The molecular weight excluding hydrogens is 296 g/mol. The number of anilines is 1. The number of hydrogen-bond donors (Lipinski definition) is 2. The van der Waals surface area contributed by atoms with Gasteiger partial charge in [-0.3, -0.25) is 4.79 Å². The van der Waals surface area contributed by atoms with Gasteiger partial charge in [0.05, 0.1) is 12.3 Å². The van der Waals surface area contributed by atoms with E-state index in [9.17, 15) is 4.79 Å². The number of carbonyl (C=O) groups excluding carboxylic acids is 1. The summed E-state index contributed by atoms with van der Waals surface area (Å²) in [6, 6.07) is 17.0. The monoisotopic (exact) mass is 314 g/mol. The maximum atomic E-state index is 11.8. The molecule has 4 nitrogen and oxygen atoms in total. The van der Waals surface area contributed by atoms with Crippen LogP contribution in [0.1, 0.15) is 13.3 Å². The van der Waals surface area contributed by atoms with Gasteiger partial charge in [-0.1, -0.05) is 30.3 Å². The summed E-state index contributed by atoms with van der Waals surface area (Å²) in [5.41, 5.74) is 1.57. The molecule has 0 radical (unpaired) electrons. The van der Waals surface area contributed by atoms with Crippen molar-refractivity contribution in [3.8, 4) is 0 Å². The number of para-hydroxylation sites is 2. The minimum absolute atomic E-state index is 0.0743. The quantitative estimate of drug-likeness (QED) is 0.378. The highest BCUT2D eigenvalue weighted by atomic mass is 32.1. The van der Waals surface area contributed by atoms with E-state index in [2.05, 4.69) is 22.9 Å². The molecule has 2 aromatic carbocycles.